The van der Waals surface area contributed by atoms with Crippen LogP contribution in [0.1, 0.15) is 29.3 Å². The van der Waals surface area contributed by atoms with E-state index in [-0.39, 0.29) is 11.9 Å². The second-order valence-corrected chi connectivity index (χ2v) is 7.53. The lowest BCUT2D eigenvalue weighted by molar-refractivity contribution is 0.0927. The smallest absolute Gasteiger partial charge is 0.251 e. The highest BCUT2D eigenvalue weighted by molar-refractivity contribution is 5.94. The fraction of sp³-hybridized carbons (Fsp3) is 0.304. The molecule has 1 aromatic heterocycles. The molecule has 0 radical (unpaired) electrons. The quantitative estimate of drug-likeness (QED) is 0.718. The molecule has 0 bridgehead atoms. The van der Waals surface area contributed by atoms with E-state index in [9.17, 15) is 4.79 Å². The Balaban J connectivity index is 1.31. The maximum Gasteiger partial charge on any atom is 0.251 e. The predicted molar refractivity (Wildman–Crippen MR) is 110 cm³/mol. The molecule has 2 heterocycles. The van der Waals surface area contributed by atoms with Crippen LogP contribution in [0.4, 0.5) is 0 Å². The molecule has 1 fully saturated rings. The number of nitrogens with zero attached hydrogens (tertiary/aromatic N) is 3. The SMILES string of the molecule is C[C@H](NC(=O)c1ccc(-n2cccn2)cc1)[C@@H]1CCN(Cc2ccccc2)C1. The summed E-state index contributed by atoms with van der Waals surface area (Å²) in [5.74, 6) is 0.469. The number of aromatic nitrogens is 2. The van der Waals surface area contributed by atoms with Gasteiger partial charge < -0.3 is 5.32 Å². The lowest BCUT2D eigenvalue weighted by atomic mass is 10.00. The first kappa shape index (κ1) is 18.4. The number of hydrogen-bond acceptors (Lipinski definition) is 3. The second kappa shape index (κ2) is 8.40. The molecule has 4 rings (SSSR count). The average molecular weight is 374 g/mol. The summed E-state index contributed by atoms with van der Waals surface area (Å²) in [6, 6.07) is 20.2. The first-order valence-corrected chi connectivity index (χ1v) is 9.86. The molecule has 2 aromatic carbocycles. The van der Waals surface area contributed by atoms with Gasteiger partial charge in [0.05, 0.1) is 5.69 Å². The van der Waals surface area contributed by atoms with Crippen molar-refractivity contribution in [3.05, 3.63) is 84.2 Å². The lowest BCUT2D eigenvalue weighted by Crippen LogP contribution is -2.39. The summed E-state index contributed by atoms with van der Waals surface area (Å²) in [7, 11) is 0. The Morgan fingerprint density at radius 3 is 2.64 bits per heavy atom. The summed E-state index contributed by atoms with van der Waals surface area (Å²) >= 11 is 0. The van der Waals surface area contributed by atoms with E-state index >= 15 is 0 Å². The van der Waals surface area contributed by atoms with Crippen molar-refractivity contribution in [2.45, 2.75) is 25.9 Å². The van der Waals surface area contributed by atoms with Gasteiger partial charge in [0.25, 0.3) is 5.91 Å². The van der Waals surface area contributed by atoms with Gasteiger partial charge in [0.1, 0.15) is 0 Å². The molecule has 1 saturated heterocycles. The van der Waals surface area contributed by atoms with E-state index in [2.05, 4.69) is 52.6 Å². The van der Waals surface area contributed by atoms with Crippen molar-refractivity contribution < 1.29 is 4.79 Å². The molecule has 144 valence electrons. The fourth-order valence-corrected chi connectivity index (χ4v) is 3.85. The molecule has 1 aliphatic rings. The van der Waals surface area contributed by atoms with E-state index < -0.39 is 0 Å². The van der Waals surface area contributed by atoms with Crippen LogP contribution in [0.3, 0.4) is 0 Å². The normalized spacial score (nSPS) is 18.1. The molecule has 0 saturated carbocycles. The van der Waals surface area contributed by atoms with Gasteiger partial charge in [-0.05, 0) is 61.7 Å². The molecule has 1 aliphatic heterocycles. The molecule has 0 spiro atoms. The van der Waals surface area contributed by atoms with Gasteiger partial charge in [-0.3, -0.25) is 9.69 Å². The van der Waals surface area contributed by atoms with Gasteiger partial charge in [0, 0.05) is 37.1 Å². The zero-order valence-electron chi connectivity index (χ0n) is 16.2. The van der Waals surface area contributed by atoms with Gasteiger partial charge in [0.15, 0.2) is 0 Å². The summed E-state index contributed by atoms with van der Waals surface area (Å²) in [4.78, 5) is 15.1. The van der Waals surface area contributed by atoms with Crippen LogP contribution in [0, 0.1) is 5.92 Å². The summed E-state index contributed by atoms with van der Waals surface area (Å²) in [5.41, 5.74) is 2.97. The number of nitrogens with one attached hydrogen (secondary N) is 1. The van der Waals surface area contributed by atoms with Crippen molar-refractivity contribution in [3.8, 4) is 5.69 Å². The van der Waals surface area contributed by atoms with Crippen molar-refractivity contribution in [1.82, 2.24) is 20.0 Å². The Bertz CT molecular complexity index is 890. The van der Waals surface area contributed by atoms with Gasteiger partial charge in [-0.1, -0.05) is 30.3 Å². The van der Waals surface area contributed by atoms with E-state index in [1.54, 1.807) is 10.9 Å². The van der Waals surface area contributed by atoms with Crippen LogP contribution in [-0.4, -0.2) is 39.7 Å². The highest BCUT2D eigenvalue weighted by Crippen LogP contribution is 2.22. The van der Waals surface area contributed by atoms with E-state index in [1.807, 2.05) is 36.5 Å². The Kier molecular flexibility index (Phi) is 5.53. The minimum absolute atomic E-state index is 0.0129. The first-order valence-electron chi connectivity index (χ1n) is 9.86. The number of carbonyl (C=O) groups excluding carboxylic acids is 1. The summed E-state index contributed by atoms with van der Waals surface area (Å²) in [6.07, 6.45) is 4.75. The first-order chi connectivity index (χ1) is 13.7. The van der Waals surface area contributed by atoms with Crippen molar-refractivity contribution in [1.29, 1.82) is 0 Å². The van der Waals surface area contributed by atoms with Gasteiger partial charge in [-0.15, -0.1) is 0 Å². The minimum atomic E-state index is -0.0129. The van der Waals surface area contributed by atoms with Gasteiger partial charge in [-0.2, -0.15) is 5.10 Å². The lowest BCUT2D eigenvalue weighted by Gasteiger charge is -2.22. The highest BCUT2D eigenvalue weighted by Gasteiger charge is 2.28. The maximum atomic E-state index is 12.6. The Hall–Kier alpha value is -2.92. The second-order valence-electron chi connectivity index (χ2n) is 7.53. The third-order valence-corrected chi connectivity index (χ3v) is 5.52. The minimum Gasteiger partial charge on any atom is -0.349 e. The van der Waals surface area contributed by atoms with Crippen molar-refractivity contribution >= 4 is 5.91 Å². The molecule has 5 heteroatoms. The number of likely N-dealkylation sites (tertiary alicyclic amines) is 1. The van der Waals surface area contributed by atoms with Gasteiger partial charge >= 0.3 is 0 Å². The van der Waals surface area contributed by atoms with Crippen LogP contribution in [0.25, 0.3) is 5.69 Å². The number of amides is 1. The van der Waals surface area contributed by atoms with E-state index in [0.29, 0.717) is 11.5 Å². The number of carbonyl (C=O) groups is 1. The summed E-state index contributed by atoms with van der Waals surface area (Å²) < 4.78 is 1.78. The van der Waals surface area contributed by atoms with E-state index in [1.165, 1.54) is 5.56 Å². The van der Waals surface area contributed by atoms with Gasteiger partial charge in [-0.25, -0.2) is 4.68 Å². The number of hydrogen-bond donors (Lipinski definition) is 1. The maximum absolute atomic E-state index is 12.6. The topological polar surface area (TPSA) is 50.2 Å². The Morgan fingerprint density at radius 2 is 1.93 bits per heavy atom. The molecule has 28 heavy (non-hydrogen) atoms. The van der Waals surface area contributed by atoms with Crippen molar-refractivity contribution in [3.63, 3.8) is 0 Å². The molecule has 2 atom stereocenters. The van der Waals surface area contributed by atoms with Crippen LogP contribution >= 0.6 is 0 Å². The Morgan fingerprint density at radius 1 is 1.14 bits per heavy atom. The molecule has 0 aliphatic carbocycles. The predicted octanol–water partition coefficient (Wildman–Crippen LogP) is 3.51. The highest BCUT2D eigenvalue weighted by atomic mass is 16.1. The standard InChI is InChI=1S/C23H26N4O/c1-18(21-12-15-26(17-21)16-19-6-3-2-4-7-19)25-23(28)20-8-10-22(11-9-20)27-14-5-13-24-27/h2-11,13-14,18,21H,12,15-17H2,1H3,(H,25,28)/t18-,21+/m0/s1. The van der Waals surface area contributed by atoms with Crippen LogP contribution in [0.5, 0.6) is 0 Å². The zero-order valence-corrected chi connectivity index (χ0v) is 16.2. The Labute approximate surface area is 166 Å². The summed E-state index contributed by atoms with van der Waals surface area (Å²) in [6.45, 7) is 5.20. The number of rotatable bonds is 6. The largest absolute Gasteiger partial charge is 0.349 e. The van der Waals surface area contributed by atoms with Gasteiger partial charge in [0.2, 0.25) is 0 Å². The van der Waals surface area contributed by atoms with E-state index in [4.69, 9.17) is 0 Å². The molecule has 1 N–H and O–H groups in total. The third kappa shape index (κ3) is 4.31. The van der Waals surface area contributed by atoms with Crippen LogP contribution < -0.4 is 5.32 Å². The van der Waals surface area contributed by atoms with Crippen molar-refractivity contribution in [2.24, 2.45) is 5.92 Å². The van der Waals surface area contributed by atoms with Crippen LogP contribution in [-0.2, 0) is 6.54 Å². The molecule has 0 unspecified atom stereocenters. The van der Waals surface area contributed by atoms with Crippen LogP contribution in [0.15, 0.2) is 73.1 Å². The monoisotopic (exact) mass is 374 g/mol. The van der Waals surface area contributed by atoms with E-state index in [0.717, 1.165) is 31.7 Å². The third-order valence-electron chi connectivity index (χ3n) is 5.52. The van der Waals surface area contributed by atoms with Crippen LogP contribution in [0.2, 0.25) is 0 Å². The number of benzene rings is 2. The molecule has 1 amide bonds. The molecule has 5 nitrogen and oxygen atoms in total. The fourth-order valence-electron chi connectivity index (χ4n) is 3.85. The zero-order chi connectivity index (χ0) is 19.3. The average Bonchev–Trinajstić information content (AvgIpc) is 3.41. The van der Waals surface area contributed by atoms with Crippen molar-refractivity contribution in [2.75, 3.05) is 13.1 Å². The molecular formula is C23H26N4O. The summed E-state index contributed by atoms with van der Waals surface area (Å²) in [5, 5.41) is 7.40. The molecule has 3 aromatic rings. The molecular weight excluding hydrogens is 348 g/mol.